The maximum atomic E-state index is 12.5. The van der Waals surface area contributed by atoms with Crippen LogP contribution in [0.3, 0.4) is 0 Å². The summed E-state index contributed by atoms with van der Waals surface area (Å²) in [5.41, 5.74) is -0.407. The van der Waals surface area contributed by atoms with Crippen molar-refractivity contribution in [3.8, 4) is 11.5 Å². The summed E-state index contributed by atoms with van der Waals surface area (Å²) in [7, 11) is 1.63. The normalized spacial score (nSPS) is 12.5. The van der Waals surface area contributed by atoms with E-state index in [0.29, 0.717) is 11.5 Å². The van der Waals surface area contributed by atoms with E-state index >= 15 is 0 Å². The fourth-order valence-electron chi connectivity index (χ4n) is 1.97. The zero-order chi connectivity index (χ0) is 18.6. The molecule has 2 aromatic heterocycles. The third kappa shape index (κ3) is 5.10. The first kappa shape index (κ1) is 18.6. The summed E-state index contributed by atoms with van der Waals surface area (Å²) in [6.45, 7) is 7.41. The minimum absolute atomic E-state index is 0.165. The zero-order valence-corrected chi connectivity index (χ0v) is 15.0. The Bertz CT molecular complexity index is 715. The number of alkyl carbamates (subject to hydrolysis) is 1. The molecular formula is C17H23N3O5. The molecule has 1 unspecified atom stereocenters. The molecule has 8 heteroatoms. The van der Waals surface area contributed by atoms with Crippen LogP contribution in [0.25, 0.3) is 11.5 Å². The number of carbonyl (C=O) groups is 2. The van der Waals surface area contributed by atoms with Crippen molar-refractivity contribution in [1.29, 1.82) is 0 Å². The largest absolute Gasteiger partial charge is 0.461 e. The summed E-state index contributed by atoms with van der Waals surface area (Å²) in [4.78, 5) is 25.6. The fraction of sp³-hybridized carbons (Fsp3) is 0.471. The Morgan fingerprint density at radius 2 is 2.08 bits per heavy atom. The molecule has 0 saturated carbocycles. The number of carbonyl (C=O) groups excluding carboxylic acids is 2. The van der Waals surface area contributed by atoms with Crippen LogP contribution in [0.2, 0.25) is 0 Å². The predicted molar refractivity (Wildman–Crippen MR) is 90.0 cm³/mol. The molecule has 0 spiro atoms. The van der Waals surface area contributed by atoms with Crippen molar-refractivity contribution < 1.29 is 23.3 Å². The molecule has 2 amide bonds. The highest BCUT2D eigenvalue weighted by molar-refractivity contribution is 5.93. The molecule has 0 aliphatic heterocycles. The number of likely N-dealkylation sites (N-methyl/N-ethyl adjacent to an activating group) is 1. The average Bonchev–Trinajstić information content (AvgIpc) is 3.19. The van der Waals surface area contributed by atoms with Gasteiger partial charge >= 0.3 is 6.09 Å². The number of amides is 2. The maximum Gasteiger partial charge on any atom is 0.407 e. The first-order chi connectivity index (χ1) is 11.7. The van der Waals surface area contributed by atoms with Crippen LogP contribution < -0.4 is 5.32 Å². The Hall–Kier alpha value is -2.77. The van der Waals surface area contributed by atoms with Crippen LogP contribution >= 0.6 is 0 Å². The molecular weight excluding hydrogens is 326 g/mol. The van der Waals surface area contributed by atoms with Crippen molar-refractivity contribution in [3.05, 3.63) is 30.2 Å². The van der Waals surface area contributed by atoms with Gasteiger partial charge in [0, 0.05) is 25.7 Å². The number of nitrogens with zero attached hydrogens (tertiary/aromatic N) is 2. The first-order valence-corrected chi connectivity index (χ1v) is 7.92. The highest BCUT2D eigenvalue weighted by atomic mass is 16.6. The van der Waals surface area contributed by atoms with Gasteiger partial charge in [0.25, 0.3) is 5.91 Å². The second-order valence-corrected chi connectivity index (χ2v) is 6.70. The van der Waals surface area contributed by atoms with Crippen molar-refractivity contribution in [2.24, 2.45) is 0 Å². The quantitative estimate of drug-likeness (QED) is 0.891. The second-order valence-electron chi connectivity index (χ2n) is 6.70. The van der Waals surface area contributed by atoms with Gasteiger partial charge in [0.2, 0.25) is 5.76 Å². The molecule has 136 valence electrons. The summed E-state index contributed by atoms with van der Waals surface area (Å²) in [5.74, 6) is 0.551. The third-order valence-corrected chi connectivity index (χ3v) is 3.42. The lowest BCUT2D eigenvalue weighted by molar-refractivity contribution is 0.0500. The minimum Gasteiger partial charge on any atom is -0.461 e. The molecule has 0 aromatic carbocycles. The van der Waals surface area contributed by atoms with Crippen LogP contribution in [0.1, 0.15) is 38.2 Å². The first-order valence-electron chi connectivity index (χ1n) is 7.92. The van der Waals surface area contributed by atoms with E-state index in [4.69, 9.17) is 13.7 Å². The minimum atomic E-state index is -0.571. The molecule has 0 aliphatic rings. The molecule has 1 N–H and O–H groups in total. The Morgan fingerprint density at radius 1 is 1.36 bits per heavy atom. The zero-order valence-electron chi connectivity index (χ0n) is 15.0. The lowest BCUT2D eigenvalue weighted by Crippen LogP contribution is -2.44. The molecule has 1 atom stereocenters. The lowest BCUT2D eigenvalue weighted by Gasteiger charge is -2.25. The molecule has 0 bridgehead atoms. The van der Waals surface area contributed by atoms with Gasteiger partial charge in [-0.25, -0.2) is 4.79 Å². The Morgan fingerprint density at radius 3 is 2.68 bits per heavy atom. The third-order valence-electron chi connectivity index (χ3n) is 3.42. The molecule has 2 heterocycles. The van der Waals surface area contributed by atoms with Crippen LogP contribution in [0.5, 0.6) is 0 Å². The van der Waals surface area contributed by atoms with E-state index in [9.17, 15) is 9.59 Å². The van der Waals surface area contributed by atoms with Gasteiger partial charge in [0.15, 0.2) is 11.5 Å². The van der Waals surface area contributed by atoms with Crippen LogP contribution in [0, 0.1) is 0 Å². The van der Waals surface area contributed by atoms with Crippen LogP contribution in [-0.4, -0.2) is 47.3 Å². The van der Waals surface area contributed by atoms with E-state index in [1.54, 1.807) is 40.0 Å². The molecule has 0 saturated heterocycles. The SMILES string of the molecule is CC(CNC(=O)OC(C)(C)C)N(C)C(=O)c1cc(-c2ccco2)on1. The molecule has 0 aliphatic carbocycles. The number of furan rings is 1. The fourth-order valence-corrected chi connectivity index (χ4v) is 1.97. The number of nitrogens with one attached hydrogen (secondary N) is 1. The molecule has 2 rings (SSSR count). The number of ether oxygens (including phenoxy) is 1. The Kier molecular flexibility index (Phi) is 5.51. The van der Waals surface area contributed by atoms with Crippen molar-refractivity contribution in [2.45, 2.75) is 39.3 Å². The van der Waals surface area contributed by atoms with E-state index in [1.165, 1.54) is 17.2 Å². The van der Waals surface area contributed by atoms with Gasteiger partial charge in [0.1, 0.15) is 5.60 Å². The van der Waals surface area contributed by atoms with E-state index in [1.807, 2.05) is 6.92 Å². The summed E-state index contributed by atoms with van der Waals surface area (Å²) in [6.07, 6.45) is 0.984. The Balaban J connectivity index is 1.92. The van der Waals surface area contributed by atoms with Crippen molar-refractivity contribution >= 4 is 12.0 Å². The van der Waals surface area contributed by atoms with Gasteiger partial charge in [-0.2, -0.15) is 0 Å². The van der Waals surface area contributed by atoms with Gasteiger partial charge in [-0.05, 0) is 39.8 Å². The topological polar surface area (TPSA) is 97.8 Å². The molecule has 2 aromatic rings. The summed E-state index contributed by atoms with van der Waals surface area (Å²) >= 11 is 0. The number of hydrogen-bond acceptors (Lipinski definition) is 6. The summed E-state index contributed by atoms with van der Waals surface area (Å²) < 4.78 is 15.5. The second kappa shape index (κ2) is 7.42. The summed E-state index contributed by atoms with van der Waals surface area (Å²) in [6, 6.07) is 4.69. The molecule has 0 radical (unpaired) electrons. The van der Waals surface area contributed by atoms with Crippen LogP contribution in [0.15, 0.2) is 33.4 Å². The predicted octanol–water partition coefficient (Wildman–Crippen LogP) is 2.92. The lowest BCUT2D eigenvalue weighted by atomic mass is 10.2. The van der Waals surface area contributed by atoms with Crippen LogP contribution in [-0.2, 0) is 4.74 Å². The van der Waals surface area contributed by atoms with Gasteiger partial charge in [0.05, 0.1) is 6.26 Å². The monoisotopic (exact) mass is 349 g/mol. The molecule has 0 fully saturated rings. The van der Waals surface area contributed by atoms with E-state index in [2.05, 4.69) is 10.5 Å². The average molecular weight is 349 g/mol. The van der Waals surface area contributed by atoms with Crippen molar-refractivity contribution in [3.63, 3.8) is 0 Å². The number of hydrogen-bond donors (Lipinski definition) is 1. The van der Waals surface area contributed by atoms with Gasteiger partial charge < -0.3 is 23.9 Å². The maximum absolute atomic E-state index is 12.5. The highest BCUT2D eigenvalue weighted by Gasteiger charge is 2.23. The smallest absolute Gasteiger partial charge is 0.407 e. The molecule has 25 heavy (non-hydrogen) atoms. The van der Waals surface area contributed by atoms with E-state index < -0.39 is 11.7 Å². The Labute approximate surface area is 146 Å². The van der Waals surface area contributed by atoms with Gasteiger partial charge in [-0.15, -0.1) is 0 Å². The highest BCUT2D eigenvalue weighted by Crippen LogP contribution is 2.21. The number of rotatable bonds is 5. The van der Waals surface area contributed by atoms with Crippen LogP contribution in [0.4, 0.5) is 4.79 Å². The van der Waals surface area contributed by atoms with Gasteiger partial charge in [-0.1, -0.05) is 5.16 Å². The van der Waals surface area contributed by atoms with Crippen molar-refractivity contribution in [1.82, 2.24) is 15.4 Å². The van der Waals surface area contributed by atoms with Crippen molar-refractivity contribution in [2.75, 3.05) is 13.6 Å². The number of aromatic nitrogens is 1. The van der Waals surface area contributed by atoms with E-state index in [0.717, 1.165) is 0 Å². The summed E-state index contributed by atoms with van der Waals surface area (Å²) in [5, 5.41) is 6.42. The molecule has 8 nitrogen and oxygen atoms in total. The standard InChI is InChI=1S/C17H23N3O5/c1-11(10-18-16(22)24-17(2,3)4)20(5)15(21)12-9-14(25-19-12)13-7-6-8-23-13/h6-9,11H,10H2,1-5H3,(H,18,22). The van der Waals surface area contributed by atoms with E-state index in [-0.39, 0.29) is 24.2 Å². The van der Waals surface area contributed by atoms with Gasteiger partial charge in [-0.3, -0.25) is 4.79 Å².